The van der Waals surface area contributed by atoms with Crippen LogP contribution in [0, 0.1) is 18.3 Å². The van der Waals surface area contributed by atoms with Gasteiger partial charge in [0.05, 0.1) is 17.3 Å². The van der Waals surface area contributed by atoms with Crippen molar-refractivity contribution < 1.29 is 22.7 Å². The Labute approximate surface area is 191 Å². The molecule has 0 saturated carbocycles. The molecule has 0 bridgehead atoms. The molecule has 8 nitrogen and oxygen atoms in total. The first-order valence-corrected chi connectivity index (χ1v) is 9.80. The Morgan fingerprint density at radius 2 is 1.79 bits per heavy atom. The number of halogens is 3. The Balaban J connectivity index is 1.71. The first-order valence-electron chi connectivity index (χ1n) is 9.80. The van der Waals surface area contributed by atoms with E-state index in [1.54, 1.807) is 12.3 Å². The highest BCUT2D eigenvalue weighted by atomic mass is 19.4. The van der Waals surface area contributed by atoms with E-state index in [0.29, 0.717) is 16.9 Å². The van der Waals surface area contributed by atoms with Crippen LogP contribution in [0.2, 0.25) is 0 Å². The minimum atomic E-state index is -4.82. The first-order chi connectivity index (χ1) is 16.2. The number of benzene rings is 2. The van der Waals surface area contributed by atoms with Crippen LogP contribution >= 0.6 is 0 Å². The van der Waals surface area contributed by atoms with Crippen LogP contribution in [0.5, 0.6) is 5.75 Å². The number of pyridine rings is 1. The molecule has 1 N–H and O–H groups in total. The Bertz CT molecular complexity index is 1370. The number of nitrogens with zero attached hydrogens (tertiary/aromatic N) is 5. The molecule has 4 rings (SSSR count). The predicted octanol–water partition coefficient (Wildman–Crippen LogP) is 4.66. The number of rotatable bonds is 5. The van der Waals surface area contributed by atoms with Crippen LogP contribution in [0.15, 0.2) is 66.9 Å². The second-order valence-electron chi connectivity index (χ2n) is 7.02. The van der Waals surface area contributed by atoms with Crippen molar-refractivity contribution in [3.63, 3.8) is 0 Å². The number of ether oxygens (including phenoxy) is 1. The summed E-state index contributed by atoms with van der Waals surface area (Å²) in [6.07, 6.45) is -3.25. The number of hydrogen-bond acceptors (Lipinski definition) is 6. The van der Waals surface area contributed by atoms with Crippen LogP contribution in [-0.2, 0) is 0 Å². The normalized spacial score (nSPS) is 11.0. The van der Waals surface area contributed by atoms with E-state index in [1.165, 1.54) is 41.1 Å². The van der Waals surface area contributed by atoms with Crippen LogP contribution in [0.3, 0.4) is 0 Å². The Kier molecular flexibility index (Phi) is 5.97. The molecular formula is C23H15F3N6O2. The van der Waals surface area contributed by atoms with Gasteiger partial charge in [0.25, 0.3) is 5.91 Å². The number of aromatic nitrogens is 4. The van der Waals surface area contributed by atoms with Gasteiger partial charge in [0.1, 0.15) is 11.4 Å². The molecule has 4 aromatic rings. The predicted molar refractivity (Wildman–Crippen MR) is 115 cm³/mol. The van der Waals surface area contributed by atoms with Gasteiger partial charge in [0.2, 0.25) is 11.8 Å². The van der Waals surface area contributed by atoms with E-state index in [4.69, 9.17) is 5.26 Å². The average Bonchev–Trinajstić information content (AvgIpc) is 3.22. The summed E-state index contributed by atoms with van der Waals surface area (Å²) in [5, 5.41) is 16.0. The molecule has 0 atom stereocenters. The Hall–Kier alpha value is -4.72. The topological polar surface area (TPSA) is 106 Å². The molecule has 0 aliphatic rings. The summed E-state index contributed by atoms with van der Waals surface area (Å²) < 4.78 is 42.7. The lowest BCUT2D eigenvalue weighted by Gasteiger charge is -2.10. The molecule has 11 heteroatoms. The minimum Gasteiger partial charge on any atom is -0.406 e. The summed E-state index contributed by atoms with van der Waals surface area (Å²) in [6, 6.07) is 16.5. The highest BCUT2D eigenvalue weighted by Gasteiger charge is 2.31. The molecule has 0 radical (unpaired) electrons. The van der Waals surface area contributed by atoms with E-state index in [2.05, 4.69) is 25.1 Å². The zero-order chi connectivity index (χ0) is 24.3. The number of amides is 1. The Morgan fingerprint density at radius 1 is 1.09 bits per heavy atom. The summed E-state index contributed by atoms with van der Waals surface area (Å²) in [5.74, 6) is -0.678. The van der Waals surface area contributed by atoms with Gasteiger partial charge in [-0.25, -0.2) is 0 Å². The number of carbonyl (C=O) groups excluding carboxylic acids is 1. The van der Waals surface area contributed by atoms with E-state index in [0.717, 1.165) is 17.7 Å². The number of anilines is 1. The molecule has 0 unspecified atom stereocenters. The van der Waals surface area contributed by atoms with E-state index >= 15 is 0 Å². The summed E-state index contributed by atoms with van der Waals surface area (Å²) in [4.78, 5) is 21.5. The van der Waals surface area contributed by atoms with Crippen LogP contribution in [0.1, 0.15) is 21.5 Å². The molecule has 34 heavy (non-hydrogen) atoms. The average molecular weight is 464 g/mol. The SMILES string of the molecule is Cc1cccnc1-c1nc(NC(=O)c2ccc(C#N)cc2)n(-c2ccc(OC(F)(F)F)cc2)n1. The van der Waals surface area contributed by atoms with Crippen molar-refractivity contribution in [3.05, 3.63) is 83.6 Å². The van der Waals surface area contributed by atoms with Gasteiger partial charge in [0, 0.05) is 11.8 Å². The molecule has 0 saturated heterocycles. The van der Waals surface area contributed by atoms with Crippen LogP contribution in [-0.4, -0.2) is 32.0 Å². The smallest absolute Gasteiger partial charge is 0.406 e. The lowest BCUT2D eigenvalue weighted by Crippen LogP contribution is -2.17. The first kappa shape index (κ1) is 22.5. The summed E-state index contributed by atoms with van der Waals surface area (Å²) in [7, 11) is 0. The lowest BCUT2D eigenvalue weighted by molar-refractivity contribution is -0.274. The van der Waals surface area contributed by atoms with E-state index < -0.39 is 18.0 Å². The summed E-state index contributed by atoms with van der Waals surface area (Å²) in [5.41, 5.74) is 2.27. The third-order valence-corrected chi connectivity index (χ3v) is 4.64. The van der Waals surface area contributed by atoms with Crippen molar-refractivity contribution in [1.29, 1.82) is 5.26 Å². The van der Waals surface area contributed by atoms with Gasteiger partial charge in [-0.1, -0.05) is 6.07 Å². The third kappa shape index (κ3) is 5.02. The standard InChI is InChI=1S/C23H15F3N6O2/c1-14-3-2-12-28-19(14)20-29-22(30-21(33)16-6-4-15(13-27)5-7-16)32(31-20)17-8-10-18(11-9-17)34-23(24,25)26/h2-12H,1H3,(H,29,30,31,33). The van der Waals surface area contributed by atoms with Crippen LogP contribution in [0.4, 0.5) is 19.1 Å². The minimum absolute atomic E-state index is 0.0268. The van der Waals surface area contributed by atoms with Crippen molar-refractivity contribution in [2.75, 3.05) is 5.32 Å². The molecular weight excluding hydrogens is 449 g/mol. The molecule has 170 valence electrons. The van der Waals surface area contributed by atoms with Crippen molar-refractivity contribution >= 4 is 11.9 Å². The van der Waals surface area contributed by atoms with E-state index in [1.807, 2.05) is 19.1 Å². The number of aryl methyl sites for hydroxylation is 1. The fourth-order valence-corrected chi connectivity index (χ4v) is 3.05. The molecule has 2 aromatic heterocycles. The van der Waals surface area contributed by atoms with Crippen molar-refractivity contribution in [2.24, 2.45) is 0 Å². The lowest BCUT2D eigenvalue weighted by atomic mass is 10.1. The fraction of sp³-hybridized carbons (Fsp3) is 0.0870. The second kappa shape index (κ2) is 9.03. The molecule has 2 heterocycles. The highest BCUT2D eigenvalue weighted by molar-refractivity contribution is 6.03. The Morgan fingerprint density at radius 3 is 2.41 bits per heavy atom. The van der Waals surface area contributed by atoms with Gasteiger partial charge >= 0.3 is 6.36 Å². The van der Waals surface area contributed by atoms with Crippen molar-refractivity contribution in [2.45, 2.75) is 13.3 Å². The number of carbonyl (C=O) groups is 1. The van der Waals surface area contributed by atoms with Crippen LogP contribution < -0.4 is 10.1 Å². The number of alkyl halides is 3. The molecule has 2 aromatic carbocycles. The van der Waals surface area contributed by atoms with Crippen molar-refractivity contribution in [3.8, 4) is 29.0 Å². The van der Waals surface area contributed by atoms with Gasteiger partial charge < -0.3 is 4.74 Å². The van der Waals surface area contributed by atoms with Gasteiger partial charge in [-0.2, -0.15) is 14.9 Å². The second-order valence-corrected chi connectivity index (χ2v) is 7.02. The number of nitriles is 1. The monoisotopic (exact) mass is 464 g/mol. The maximum Gasteiger partial charge on any atom is 0.573 e. The highest BCUT2D eigenvalue weighted by Crippen LogP contribution is 2.26. The zero-order valence-electron chi connectivity index (χ0n) is 17.5. The van der Waals surface area contributed by atoms with Gasteiger partial charge in [-0.15, -0.1) is 18.3 Å². The van der Waals surface area contributed by atoms with Gasteiger partial charge in [0.15, 0.2) is 0 Å². The molecule has 0 aliphatic carbocycles. The fourth-order valence-electron chi connectivity index (χ4n) is 3.05. The molecule has 0 fully saturated rings. The molecule has 0 aliphatic heterocycles. The maximum absolute atomic E-state index is 12.8. The number of hydrogen-bond donors (Lipinski definition) is 1. The van der Waals surface area contributed by atoms with E-state index in [9.17, 15) is 18.0 Å². The van der Waals surface area contributed by atoms with Gasteiger partial charge in [-0.3, -0.25) is 15.1 Å². The molecule has 1 amide bonds. The summed E-state index contributed by atoms with van der Waals surface area (Å²) in [6.45, 7) is 1.82. The molecule has 0 spiro atoms. The quantitative estimate of drug-likeness (QED) is 0.461. The van der Waals surface area contributed by atoms with E-state index in [-0.39, 0.29) is 17.3 Å². The van der Waals surface area contributed by atoms with Crippen LogP contribution in [0.25, 0.3) is 17.2 Å². The third-order valence-electron chi connectivity index (χ3n) is 4.64. The zero-order valence-corrected chi connectivity index (χ0v) is 17.5. The summed E-state index contributed by atoms with van der Waals surface area (Å²) >= 11 is 0. The largest absolute Gasteiger partial charge is 0.573 e. The maximum atomic E-state index is 12.8. The number of nitrogens with one attached hydrogen (secondary N) is 1. The van der Waals surface area contributed by atoms with Gasteiger partial charge in [-0.05, 0) is 67.1 Å². The van der Waals surface area contributed by atoms with Crippen molar-refractivity contribution in [1.82, 2.24) is 19.7 Å².